The third kappa shape index (κ3) is 5.22. The molecule has 0 N–H and O–H groups in total. The molecule has 3 aromatic rings. The molecule has 0 radical (unpaired) electrons. The summed E-state index contributed by atoms with van der Waals surface area (Å²) < 4.78 is 49.5. The zero-order chi connectivity index (χ0) is 23.4. The van der Waals surface area contributed by atoms with Gasteiger partial charge in [0.05, 0.1) is 0 Å². The lowest BCUT2D eigenvalue weighted by Crippen LogP contribution is -2.07. The van der Waals surface area contributed by atoms with Gasteiger partial charge in [0.1, 0.15) is 18.2 Å². The molecule has 0 aromatic heterocycles. The Labute approximate surface area is 193 Å². The van der Waals surface area contributed by atoms with E-state index >= 15 is 0 Å². The Balaban J connectivity index is 1.49. The van der Waals surface area contributed by atoms with E-state index in [4.69, 9.17) is 4.74 Å². The van der Waals surface area contributed by atoms with E-state index in [1.165, 1.54) is 5.56 Å². The zero-order valence-corrected chi connectivity index (χ0v) is 18.9. The predicted octanol–water partition coefficient (Wildman–Crippen LogP) is 8.45. The maximum atomic E-state index is 14.9. The molecule has 170 valence electrons. The number of ether oxygens (including phenoxy) is 1. The summed E-state index contributed by atoms with van der Waals surface area (Å²) in [5.74, 6) is -1.27. The second-order valence-electron chi connectivity index (χ2n) is 8.51. The third-order valence-corrected chi connectivity index (χ3v) is 5.92. The molecule has 0 spiro atoms. The van der Waals surface area contributed by atoms with Gasteiger partial charge in [-0.15, -0.1) is 0 Å². The van der Waals surface area contributed by atoms with Crippen LogP contribution in [0.5, 0.6) is 5.75 Å². The van der Waals surface area contributed by atoms with E-state index in [0.717, 1.165) is 19.3 Å². The molecule has 3 aromatic carbocycles. The summed E-state index contributed by atoms with van der Waals surface area (Å²) in [4.78, 5) is 0. The van der Waals surface area contributed by atoms with Crippen molar-refractivity contribution in [3.63, 3.8) is 0 Å². The Kier molecular flexibility index (Phi) is 7.02. The third-order valence-electron chi connectivity index (χ3n) is 5.92. The van der Waals surface area contributed by atoms with Crippen molar-refractivity contribution in [1.82, 2.24) is 0 Å². The van der Waals surface area contributed by atoms with Crippen LogP contribution in [0.1, 0.15) is 32.3 Å². The molecule has 1 atom stereocenters. The van der Waals surface area contributed by atoms with Crippen LogP contribution in [0, 0.1) is 17.6 Å². The van der Waals surface area contributed by atoms with E-state index in [2.05, 4.69) is 6.92 Å². The topological polar surface area (TPSA) is 9.23 Å². The zero-order valence-electron chi connectivity index (χ0n) is 18.9. The second-order valence-corrected chi connectivity index (χ2v) is 8.51. The minimum absolute atomic E-state index is 0.128. The summed E-state index contributed by atoms with van der Waals surface area (Å²) in [5, 5.41) is 0. The molecule has 1 aliphatic rings. The highest BCUT2D eigenvalue weighted by Crippen LogP contribution is 2.33. The van der Waals surface area contributed by atoms with Crippen molar-refractivity contribution < 1.29 is 17.9 Å². The largest absolute Gasteiger partial charge is 0.489 e. The van der Waals surface area contributed by atoms with Gasteiger partial charge in [-0.3, -0.25) is 0 Å². The van der Waals surface area contributed by atoms with Gasteiger partial charge in [-0.25, -0.2) is 13.2 Å². The lowest BCUT2D eigenvalue weighted by molar-refractivity contribution is 0.346. The molecule has 1 unspecified atom stereocenters. The Morgan fingerprint density at radius 2 is 1.39 bits per heavy atom. The first-order valence-electron chi connectivity index (χ1n) is 11.3. The van der Waals surface area contributed by atoms with Gasteiger partial charge in [0.25, 0.3) is 0 Å². The Morgan fingerprint density at radius 1 is 0.818 bits per heavy atom. The summed E-state index contributed by atoms with van der Waals surface area (Å²) in [6.45, 7) is 4.19. The van der Waals surface area contributed by atoms with E-state index in [9.17, 15) is 13.2 Å². The van der Waals surface area contributed by atoms with Gasteiger partial charge >= 0.3 is 0 Å². The first-order valence-corrected chi connectivity index (χ1v) is 11.3. The van der Waals surface area contributed by atoms with Crippen LogP contribution in [0.25, 0.3) is 22.3 Å². The van der Waals surface area contributed by atoms with Crippen molar-refractivity contribution in [2.75, 3.05) is 6.61 Å². The van der Waals surface area contributed by atoms with E-state index in [1.807, 2.05) is 37.3 Å². The smallest absolute Gasteiger partial charge is 0.167 e. The van der Waals surface area contributed by atoms with Crippen molar-refractivity contribution in [3.05, 3.63) is 101 Å². The molecule has 0 saturated heterocycles. The Morgan fingerprint density at radius 3 is 1.94 bits per heavy atom. The number of halogens is 3. The van der Waals surface area contributed by atoms with Crippen LogP contribution in [-0.2, 0) is 6.42 Å². The van der Waals surface area contributed by atoms with E-state index < -0.39 is 11.6 Å². The normalized spacial score (nSPS) is 15.7. The van der Waals surface area contributed by atoms with Crippen LogP contribution in [0.2, 0.25) is 0 Å². The summed E-state index contributed by atoms with van der Waals surface area (Å²) in [6.07, 6.45) is 6.23. The Hall–Kier alpha value is -3.27. The minimum atomic E-state index is -0.882. The van der Waals surface area contributed by atoms with Gasteiger partial charge in [0.2, 0.25) is 0 Å². The standard InChI is InChI=1S/C29H27F3O/c1-3-4-20-6-9-21(10-7-20)25-15-16-26(29(32)28(25)31)22-11-13-24(14-12-22)33-18-23-8-5-19(2)17-27(23)30/h6-17,19H,3-5,18H2,1-2H3. The predicted molar refractivity (Wildman–Crippen MR) is 128 cm³/mol. The average Bonchev–Trinajstić information content (AvgIpc) is 2.82. The maximum absolute atomic E-state index is 14.9. The molecule has 4 rings (SSSR count). The van der Waals surface area contributed by atoms with Crippen LogP contribution in [0.15, 0.2) is 84.2 Å². The molecule has 0 saturated carbocycles. The van der Waals surface area contributed by atoms with Gasteiger partial charge < -0.3 is 4.74 Å². The highest BCUT2D eigenvalue weighted by molar-refractivity contribution is 5.72. The van der Waals surface area contributed by atoms with Gasteiger partial charge in [-0.05, 0) is 53.7 Å². The molecule has 0 aliphatic heterocycles. The number of hydrogen-bond donors (Lipinski definition) is 0. The first-order chi connectivity index (χ1) is 16.0. The minimum Gasteiger partial charge on any atom is -0.489 e. The molecule has 1 aliphatic carbocycles. The summed E-state index contributed by atoms with van der Waals surface area (Å²) in [5.41, 5.74) is 3.32. The molecule has 33 heavy (non-hydrogen) atoms. The monoisotopic (exact) mass is 448 g/mol. The van der Waals surface area contributed by atoms with Crippen molar-refractivity contribution >= 4 is 0 Å². The highest BCUT2D eigenvalue weighted by Gasteiger charge is 2.17. The van der Waals surface area contributed by atoms with E-state index in [1.54, 1.807) is 42.5 Å². The van der Waals surface area contributed by atoms with Crippen LogP contribution in [0.4, 0.5) is 13.2 Å². The van der Waals surface area contributed by atoms with Crippen LogP contribution in [-0.4, -0.2) is 6.61 Å². The van der Waals surface area contributed by atoms with Gasteiger partial charge in [0, 0.05) is 16.7 Å². The van der Waals surface area contributed by atoms with Gasteiger partial charge in [0.15, 0.2) is 11.6 Å². The van der Waals surface area contributed by atoms with Gasteiger partial charge in [-0.2, -0.15) is 0 Å². The van der Waals surface area contributed by atoms with E-state index in [0.29, 0.717) is 22.4 Å². The van der Waals surface area contributed by atoms with Crippen molar-refractivity contribution in [3.8, 4) is 28.0 Å². The molecular weight excluding hydrogens is 421 g/mol. The number of hydrogen-bond acceptors (Lipinski definition) is 1. The fourth-order valence-corrected chi connectivity index (χ4v) is 4.01. The number of benzene rings is 3. The second kappa shape index (κ2) is 10.1. The molecule has 0 bridgehead atoms. The van der Waals surface area contributed by atoms with Crippen LogP contribution in [0.3, 0.4) is 0 Å². The van der Waals surface area contributed by atoms with Crippen LogP contribution < -0.4 is 4.74 Å². The quantitative estimate of drug-likeness (QED) is 0.352. The first kappa shape index (κ1) is 22.9. The number of allylic oxidation sites excluding steroid dienone is 2. The lowest BCUT2D eigenvalue weighted by atomic mass is 9.97. The van der Waals surface area contributed by atoms with Crippen molar-refractivity contribution in [2.45, 2.75) is 33.1 Å². The van der Waals surface area contributed by atoms with E-state index in [-0.39, 0.29) is 29.5 Å². The maximum Gasteiger partial charge on any atom is 0.167 e. The summed E-state index contributed by atoms with van der Waals surface area (Å²) >= 11 is 0. The number of rotatable bonds is 7. The summed E-state index contributed by atoms with van der Waals surface area (Å²) in [6, 6.07) is 17.5. The fourth-order valence-electron chi connectivity index (χ4n) is 4.01. The molecule has 0 heterocycles. The molecule has 4 heteroatoms. The van der Waals surface area contributed by atoms with Crippen LogP contribution >= 0.6 is 0 Å². The van der Waals surface area contributed by atoms with Gasteiger partial charge in [-0.1, -0.05) is 74.9 Å². The molecule has 0 amide bonds. The molecule has 0 fully saturated rings. The van der Waals surface area contributed by atoms with Crippen molar-refractivity contribution in [2.24, 2.45) is 5.92 Å². The summed E-state index contributed by atoms with van der Waals surface area (Å²) in [7, 11) is 0. The van der Waals surface area contributed by atoms with Crippen molar-refractivity contribution in [1.29, 1.82) is 0 Å². The number of aryl methyl sites for hydroxylation is 1. The average molecular weight is 449 g/mol. The molecule has 1 nitrogen and oxygen atoms in total. The highest BCUT2D eigenvalue weighted by atomic mass is 19.2. The fraction of sp³-hybridized carbons (Fsp3) is 0.241. The lowest BCUT2D eigenvalue weighted by Gasteiger charge is -2.15. The Bertz CT molecular complexity index is 1170. The molecular formula is C29H27F3O. The SMILES string of the molecule is CCCc1ccc(-c2ccc(-c3ccc(OCC4=CCC(C)C=C4F)cc3)c(F)c2F)cc1.